The Morgan fingerprint density at radius 2 is 1.62 bits per heavy atom. The highest BCUT2D eigenvalue weighted by Gasteiger charge is 2.36. The maximum atomic E-state index is 12.4. The van der Waals surface area contributed by atoms with E-state index in [1.807, 2.05) is 71.3 Å². The Labute approximate surface area is 142 Å². The molecule has 2 aromatic carbocycles. The minimum Gasteiger partial charge on any atom is -0.309 e. The molecule has 0 radical (unpaired) electrons. The molecule has 2 amide bonds. The van der Waals surface area contributed by atoms with Crippen molar-refractivity contribution >= 4 is 23.2 Å². The van der Waals surface area contributed by atoms with Crippen LogP contribution in [-0.2, 0) is 9.59 Å². The minimum absolute atomic E-state index is 0.00415. The van der Waals surface area contributed by atoms with E-state index in [9.17, 15) is 9.59 Å². The van der Waals surface area contributed by atoms with Crippen molar-refractivity contribution in [2.75, 3.05) is 9.80 Å². The standard InChI is InChI=1S/C20H22N2O2/c1-14-13-20(22(16(3)24)17-9-5-4-6-10-17)18-11-7-8-12-19(18)21(14)15(2)23/h4-12,14,20H,13H2,1-3H3. The predicted octanol–water partition coefficient (Wildman–Crippen LogP) is 3.93. The summed E-state index contributed by atoms with van der Waals surface area (Å²) < 4.78 is 0. The second kappa shape index (κ2) is 6.48. The van der Waals surface area contributed by atoms with E-state index in [0.717, 1.165) is 16.9 Å². The molecule has 4 heteroatoms. The van der Waals surface area contributed by atoms with E-state index in [2.05, 4.69) is 0 Å². The molecule has 0 fully saturated rings. The van der Waals surface area contributed by atoms with Crippen LogP contribution in [0.15, 0.2) is 54.6 Å². The highest BCUT2D eigenvalue weighted by Crippen LogP contribution is 2.42. The van der Waals surface area contributed by atoms with Crippen molar-refractivity contribution in [3.63, 3.8) is 0 Å². The summed E-state index contributed by atoms with van der Waals surface area (Å²) in [5.74, 6) is 0.0342. The first-order valence-electron chi connectivity index (χ1n) is 8.24. The van der Waals surface area contributed by atoms with E-state index in [1.165, 1.54) is 0 Å². The number of hydrogen-bond donors (Lipinski definition) is 0. The molecule has 0 saturated carbocycles. The lowest BCUT2D eigenvalue weighted by Gasteiger charge is -2.43. The number of benzene rings is 2. The molecule has 0 saturated heterocycles. The highest BCUT2D eigenvalue weighted by molar-refractivity contribution is 5.96. The fourth-order valence-electron chi connectivity index (χ4n) is 3.68. The Kier molecular flexibility index (Phi) is 4.38. The summed E-state index contributed by atoms with van der Waals surface area (Å²) in [6.45, 7) is 5.22. The third kappa shape index (κ3) is 2.80. The maximum Gasteiger partial charge on any atom is 0.224 e. The van der Waals surface area contributed by atoms with Crippen LogP contribution in [0.4, 0.5) is 11.4 Å². The van der Waals surface area contributed by atoms with Gasteiger partial charge in [-0.3, -0.25) is 9.59 Å². The van der Waals surface area contributed by atoms with Gasteiger partial charge in [-0.05, 0) is 37.1 Å². The largest absolute Gasteiger partial charge is 0.309 e. The SMILES string of the molecule is CC(=O)N1c2ccccc2C(N(C(C)=O)c2ccccc2)CC1C. The number of fused-ring (bicyclic) bond motifs is 1. The van der Waals surface area contributed by atoms with Gasteiger partial charge in [-0.2, -0.15) is 0 Å². The van der Waals surface area contributed by atoms with Gasteiger partial charge in [0.25, 0.3) is 0 Å². The predicted molar refractivity (Wildman–Crippen MR) is 96.0 cm³/mol. The van der Waals surface area contributed by atoms with Crippen molar-refractivity contribution in [1.82, 2.24) is 0 Å². The van der Waals surface area contributed by atoms with Gasteiger partial charge in [0.05, 0.1) is 6.04 Å². The number of anilines is 2. The Hall–Kier alpha value is -2.62. The van der Waals surface area contributed by atoms with E-state index < -0.39 is 0 Å². The monoisotopic (exact) mass is 322 g/mol. The van der Waals surface area contributed by atoms with Crippen LogP contribution in [0, 0.1) is 0 Å². The molecule has 0 aromatic heterocycles. The van der Waals surface area contributed by atoms with Gasteiger partial charge in [0.15, 0.2) is 0 Å². The van der Waals surface area contributed by atoms with Crippen molar-refractivity contribution < 1.29 is 9.59 Å². The van der Waals surface area contributed by atoms with E-state index in [1.54, 1.807) is 13.8 Å². The average Bonchev–Trinajstić information content (AvgIpc) is 2.55. The van der Waals surface area contributed by atoms with E-state index in [4.69, 9.17) is 0 Å². The Morgan fingerprint density at radius 1 is 1.00 bits per heavy atom. The molecule has 0 bridgehead atoms. The molecule has 24 heavy (non-hydrogen) atoms. The van der Waals surface area contributed by atoms with Gasteiger partial charge in [0, 0.05) is 31.3 Å². The van der Waals surface area contributed by atoms with Gasteiger partial charge in [0.2, 0.25) is 11.8 Å². The molecule has 2 unspecified atom stereocenters. The molecule has 0 N–H and O–H groups in total. The highest BCUT2D eigenvalue weighted by atomic mass is 16.2. The molecule has 1 aliphatic rings. The lowest BCUT2D eigenvalue weighted by molar-refractivity contribution is -0.117. The summed E-state index contributed by atoms with van der Waals surface area (Å²) >= 11 is 0. The summed E-state index contributed by atoms with van der Waals surface area (Å²) in [5.41, 5.74) is 2.80. The van der Waals surface area contributed by atoms with Gasteiger partial charge in [0.1, 0.15) is 0 Å². The zero-order chi connectivity index (χ0) is 17.3. The fourth-order valence-corrected chi connectivity index (χ4v) is 3.68. The lowest BCUT2D eigenvalue weighted by Crippen LogP contribution is -2.46. The molecule has 0 spiro atoms. The molecule has 4 nitrogen and oxygen atoms in total. The molecule has 3 rings (SSSR count). The molecule has 0 aliphatic carbocycles. The summed E-state index contributed by atoms with van der Waals surface area (Å²) in [4.78, 5) is 28.2. The Bertz CT molecular complexity index is 757. The maximum absolute atomic E-state index is 12.4. The van der Waals surface area contributed by atoms with Gasteiger partial charge < -0.3 is 9.80 Å². The number of carbonyl (C=O) groups is 2. The zero-order valence-corrected chi connectivity index (χ0v) is 14.3. The van der Waals surface area contributed by atoms with Crippen LogP contribution in [0.2, 0.25) is 0 Å². The lowest BCUT2D eigenvalue weighted by atomic mass is 9.90. The minimum atomic E-state index is -0.0771. The van der Waals surface area contributed by atoms with Crippen LogP contribution in [0.5, 0.6) is 0 Å². The molecule has 124 valence electrons. The van der Waals surface area contributed by atoms with Gasteiger partial charge >= 0.3 is 0 Å². The summed E-state index contributed by atoms with van der Waals surface area (Å²) in [6.07, 6.45) is 0.713. The first-order chi connectivity index (χ1) is 11.5. The van der Waals surface area contributed by atoms with Crippen molar-refractivity contribution in [1.29, 1.82) is 0 Å². The number of amides is 2. The molecular weight excluding hydrogens is 300 g/mol. The van der Waals surface area contributed by atoms with E-state index in [-0.39, 0.29) is 23.9 Å². The number of para-hydroxylation sites is 2. The molecule has 2 atom stereocenters. The van der Waals surface area contributed by atoms with Gasteiger partial charge in [-0.1, -0.05) is 36.4 Å². The Morgan fingerprint density at radius 3 is 2.25 bits per heavy atom. The van der Waals surface area contributed by atoms with Crippen LogP contribution in [0.25, 0.3) is 0 Å². The third-order valence-corrected chi connectivity index (χ3v) is 4.58. The quantitative estimate of drug-likeness (QED) is 0.840. The fraction of sp³-hybridized carbons (Fsp3) is 0.300. The van der Waals surface area contributed by atoms with Crippen molar-refractivity contribution in [2.24, 2.45) is 0 Å². The van der Waals surface area contributed by atoms with E-state index >= 15 is 0 Å². The van der Waals surface area contributed by atoms with Gasteiger partial charge in [-0.25, -0.2) is 0 Å². The van der Waals surface area contributed by atoms with Crippen molar-refractivity contribution in [3.05, 3.63) is 60.2 Å². The second-order valence-electron chi connectivity index (χ2n) is 6.27. The topological polar surface area (TPSA) is 40.6 Å². The first kappa shape index (κ1) is 16.2. The number of carbonyl (C=O) groups excluding carboxylic acids is 2. The normalized spacial score (nSPS) is 19.5. The summed E-state index contributed by atoms with van der Waals surface area (Å²) in [5, 5.41) is 0. The molecular formula is C20H22N2O2. The van der Waals surface area contributed by atoms with E-state index in [0.29, 0.717) is 6.42 Å². The van der Waals surface area contributed by atoms with Crippen LogP contribution >= 0.6 is 0 Å². The second-order valence-corrected chi connectivity index (χ2v) is 6.27. The van der Waals surface area contributed by atoms with Crippen LogP contribution < -0.4 is 9.80 Å². The first-order valence-corrected chi connectivity index (χ1v) is 8.24. The smallest absolute Gasteiger partial charge is 0.224 e. The Balaban J connectivity index is 2.12. The number of rotatable bonds is 2. The average molecular weight is 322 g/mol. The molecule has 1 heterocycles. The number of hydrogen-bond acceptors (Lipinski definition) is 2. The zero-order valence-electron chi connectivity index (χ0n) is 14.3. The molecule has 1 aliphatic heterocycles. The third-order valence-electron chi connectivity index (χ3n) is 4.58. The van der Waals surface area contributed by atoms with Gasteiger partial charge in [-0.15, -0.1) is 0 Å². The van der Waals surface area contributed by atoms with Crippen LogP contribution in [0.1, 0.15) is 38.8 Å². The van der Waals surface area contributed by atoms with Crippen molar-refractivity contribution in [2.45, 2.75) is 39.3 Å². The van der Waals surface area contributed by atoms with Crippen LogP contribution in [-0.4, -0.2) is 17.9 Å². The summed E-state index contributed by atoms with van der Waals surface area (Å²) in [6, 6.07) is 17.5. The summed E-state index contributed by atoms with van der Waals surface area (Å²) in [7, 11) is 0. The van der Waals surface area contributed by atoms with Crippen molar-refractivity contribution in [3.8, 4) is 0 Å². The number of nitrogens with zero attached hydrogens (tertiary/aromatic N) is 2. The van der Waals surface area contributed by atoms with Crippen LogP contribution in [0.3, 0.4) is 0 Å². The molecule has 2 aromatic rings.